The number of rotatable bonds is 6. The fourth-order valence-corrected chi connectivity index (χ4v) is 1.87. The topological polar surface area (TPSA) is 64.4 Å². The molecule has 0 heterocycles. The van der Waals surface area contributed by atoms with Gasteiger partial charge in [-0.15, -0.1) is 0 Å². The molecule has 0 bridgehead atoms. The normalized spacial score (nSPS) is 11.6. The number of nitrogens with one attached hydrogen (secondary N) is 1. The molecule has 0 atom stereocenters. The third-order valence-electron chi connectivity index (χ3n) is 2.67. The molecule has 0 spiro atoms. The van der Waals surface area contributed by atoms with Gasteiger partial charge in [0.1, 0.15) is 0 Å². The van der Waals surface area contributed by atoms with Crippen molar-refractivity contribution in [2.24, 2.45) is 0 Å². The molecule has 1 rings (SSSR count). The van der Waals surface area contributed by atoms with Gasteiger partial charge in [0.05, 0.1) is 10.5 Å². The van der Waals surface area contributed by atoms with E-state index in [0.717, 1.165) is 10.0 Å². The number of halogens is 1. The molecule has 0 fully saturated rings. The van der Waals surface area contributed by atoms with Crippen LogP contribution in [0.25, 0.3) is 0 Å². The number of hydrogen-bond donors (Lipinski definition) is 1. The van der Waals surface area contributed by atoms with Crippen molar-refractivity contribution < 1.29 is 9.66 Å². The molecule has 0 radical (unpaired) electrons. The van der Waals surface area contributed by atoms with Gasteiger partial charge in [0.15, 0.2) is 0 Å². The summed E-state index contributed by atoms with van der Waals surface area (Å²) in [6.07, 6.45) is 0. The summed E-state index contributed by atoms with van der Waals surface area (Å²) in [7, 11) is 1.67. The second kappa shape index (κ2) is 6.26. The maximum absolute atomic E-state index is 10.6. The Morgan fingerprint density at radius 1 is 1.50 bits per heavy atom. The van der Waals surface area contributed by atoms with Gasteiger partial charge in [-0.05, 0) is 25.5 Å². The third-order valence-corrected chi connectivity index (χ3v) is 3.40. The number of nitro benzene ring substituents is 1. The molecule has 0 aromatic heterocycles. The number of non-ortho nitro benzene ring substituents is 1. The van der Waals surface area contributed by atoms with E-state index in [1.807, 2.05) is 13.8 Å². The molecule has 0 aliphatic heterocycles. The zero-order valence-corrected chi connectivity index (χ0v) is 12.3. The molecule has 6 heteroatoms. The molecule has 0 amide bonds. The van der Waals surface area contributed by atoms with Crippen LogP contribution in [0.4, 0.5) is 5.69 Å². The van der Waals surface area contributed by atoms with Crippen LogP contribution in [-0.2, 0) is 11.3 Å². The molecule has 18 heavy (non-hydrogen) atoms. The molecule has 0 unspecified atom stereocenters. The number of benzene rings is 1. The standard InChI is InChI=1S/C12H17BrN2O3/c1-12(2,18-3)8-14-7-9-4-5-10(15(16)17)6-11(9)13/h4-6,14H,7-8H2,1-3H3. The molecule has 100 valence electrons. The Kier molecular flexibility index (Phi) is 5.25. The van der Waals surface area contributed by atoms with Gasteiger partial charge in [0.25, 0.3) is 5.69 Å². The van der Waals surface area contributed by atoms with Crippen LogP contribution in [0.5, 0.6) is 0 Å². The van der Waals surface area contributed by atoms with Gasteiger partial charge in [-0.2, -0.15) is 0 Å². The highest BCUT2D eigenvalue weighted by Crippen LogP contribution is 2.22. The maximum atomic E-state index is 10.6. The summed E-state index contributed by atoms with van der Waals surface area (Å²) in [5, 5.41) is 13.9. The van der Waals surface area contributed by atoms with Crippen LogP contribution in [0.15, 0.2) is 22.7 Å². The summed E-state index contributed by atoms with van der Waals surface area (Å²) >= 11 is 3.34. The highest BCUT2D eigenvalue weighted by Gasteiger charge is 2.15. The average molecular weight is 317 g/mol. The highest BCUT2D eigenvalue weighted by atomic mass is 79.9. The number of methoxy groups -OCH3 is 1. The lowest BCUT2D eigenvalue weighted by molar-refractivity contribution is -0.384. The number of nitrogens with zero attached hydrogens (tertiary/aromatic N) is 1. The molecule has 0 aliphatic carbocycles. The van der Waals surface area contributed by atoms with Crippen LogP contribution in [0, 0.1) is 10.1 Å². The second-order valence-electron chi connectivity index (χ2n) is 4.60. The molecule has 1 aromatic rings. The van der Waals surface area contributed by atoms with Crippen LogP contribution in [-0.4, -0.2) is 24.2 Å². The van der Waals surface area contributed by atoms with Gasteiger partial charge in [0.2, 0.25) is 0 Å². The van der Waals surface area contributed by atoms with Gasteiger partial charge >= 0.3 is 0 Å². The first-order chi connectivity index (χ1) is 8.35. The second-order valence-corrected chi connectivity index (χ2v) is 5.45. The van der Waals surface area contributed by atoms with Crippen LogP contribution >= 0.6 is 15.9 Å². The van der Waals surface area contributed by atoms with Crippen molar-refractivity contribution in [3.8, 4) is 0 Å². The lowest BCUT2D eigenvalue weighted by atomic mass is 10.1. The van der Waals surface area contributed by atoms with E-state index in [2.05, 4.69) is 21.2 Å². The zero-order chi connectivity index (χ0) is 13.8. The Morgan fingerprint density at radius 2 is 2.17 bits per heavy atom. The summed E-state index contributed by atoms with van der Waals surface area (Å²) in [6.45, 7) is 5.31. The summed E-state index contributed by atoms with van der Waals surface area (Å²) in [5.41, 5.74) is 0.836. The smallest absolute Gasteiger partial charge is 0.270 e. The lowest BCUT2D eigenvalue weighted by Crippen LogP contribution is -2.36. The van der Waals surface area contributed by atoms with Crippen molar-refractivity contribution in [1.82, 2.24) is 5.32 Å². The van der Waals surface area contributed by atoms with E-state index in [1.165, 1.54) is 12.1 Å². The van der Waals surface area contributed by atoms with Crippen molar-refractivity contribution in [2.75, 3.05) is 13.7 Å². The molecule has 1 aromatic carbocycles. The van der Waals surface area contributed by atoms with Gasteiger partial charge in [-0.1, -0.05) is 15.9 Å². The lowest BCUT2D eigenvalue weighted by Gasteiger charge is -2.23. The monoisotopic (exact) mass is 316 g/mol. The Labute approximate surface area is 115 Å². The van der Waals surface area contributed by atoms with E-state index in [-0.39, 0.29) is 11.3 Å². The predicted octanol–water partition coefficient (Wildman–Crippen LogP) is 2.87. The van der Waals surface area contributed by atoms with Gasteiger partial charge in [-0.3, -0.25) is 10.1 Å². The van der Waals surface area contributed by atoms with E-state index in [4.69, 9.17) is 4.74 Å². The molecule has 0 aliphatic rings. The van der Waals surface area contributed by atoms with Crippen molar-refractivity contribution in [2.45, 2.75) is 26.0 Å². The van der Waals surface area contributed by atoms with Crippen LogP contribution in [0.3, 0.4) is 0 Å². The quantitative estimate of drug-likeness (QED) is 0.647. The van der Waals surface area contributed by atoms with E-state index in [9.17, 15) is 10.1 Å². The van der Waals surface area contributed by atoms with Crippen LogP contribution in [0.2, 0.25) is 0 Å². The first kappa shape index (κ1) is 15.1. The maximum Gasteiger partial charge on any atom is 0.270 e. The molecule has 0 saturated heterocycles. The SMILES string of the molecule is COC(C)(C)CNCc1ccc([N+](=O)[O-])cc1Br. The summed E-state index contributed by atoms with van der Waals surface area (Å²) in [6, 6.07) is 4.76. The van der Waals surface area contributed by atoms with Crippen molar-refractivity contribution in [3.05, 3.63) is 38.3 Å². The minimum atomic E-state index is -0.407. The molecule has 0 saturated carbocycles. The minimum absolute atomic E-state index is 0.0860. The van der Waals surface area contributed by atoms with Crippen LogP contribution in [0.1, 0.15) is 19.4 Å². The first-order valence-corrected chi connectivity index (χ1v) is 6.34. The number of hydrogen-bond acceptors (Lipinski definition) is 4. The Balaban J connectivity index is 2.61. The summed E-state index contributed by atoms with van der Waals surface area (Å²) in [5.74, 6) is 0. The van der Waals surface area contributed by atoms with E-state index in [1.54, 1.807) is 13.2 Å². The first-order valence-electron chi connectivity index (χ1n) is 5.54. The van der Waals surface area contributed by atoms with E-state index < -0.39 is 4.92 Å². The van der Waals surface area contributed by atoms with Crippen molar-refractivity contribution >= 4 is 21.6 Å². The molecule has 1 N–H and O–H groups in total. The summed E-state index contributed by atoms with van der Waals surface area (Å²) in [4.78, 5) is 10.2. The fraction of sp³-hybridized carbons (Fsp3) is 0.500. The molecular formula is C12H17BrN2O3. The van der Waals surface area contributed by atoms with Crippen molar-refractivity contribution in [1.29, 1.82) is 0 Å². The molecular weight excluding hydrogens is 300 g/mol. The largest absolute Gasteiger partial charge is 0.377 e. The third kappa shape index (κ3) is 4.36. The van der Waals surface area contributed by atoms with E-state index in [0.29, 0.717) is 13.1 Å². The van der Waals surface area contributed by atoms with Gasteiger partial charge < -0.3 is 10.1 Å². The van der Waals surface area contributed by atoms with Crippen molar-refractivity contribution in [3.63, 3.8) is 0 Å². The van der Waals surface area contributed by atoms with E-state index >= 15 is 0 Å². The number of ether oxygens (including phenoxy) is 1. The zero-order valence-electron chi connectivity index (χ0n) is 10.7. The predicted molar refractivity (Wildman–Crippen MR) is 73.6 cm³/mol. The van der Waals surface area contributed by atoms with Crippen LogP contribution < -0.4 is 5.32 Å². The Morgan fingerprint density at radius 3 is 2.67 bits per heavy atom. The fourth-order valence-electron chi connectivity index (χ4n) is 1.36. The Bertz CT molecular complexity index is 435. The summed E-state index contributed by atoms with van der Waals surface area (Å²) < 4.78 is 6.03. The Hall–Kier alpha value is -0.980. The minimum Gasteiger partial charge on any atom is -0.377 e. The number of nitro groups is 1. The molecule has 5 nitrogen and oxygen atoms in total. The average Bonchev–Trinajstić information content (AvgIpc) is 2.31. The van der Waals surface area contributed by atoms with Gasteiger partial charge in [-0.25, -0.2) is 0 Å². The highest BCUT2D eigenvalue weighted by molar-refractivity contribution is 9.10. The van der Waals surface area contributed by atoms with Gasteiger partial charge in [0, 0.05) is 36.8 Å².